The van der Waals surface area contributed by atoms with Gasteiger partial charge in [-0.2, -0.15) is 4.98 Å². The third-order valence-corrected chi connectivity index (χ3v) is 4.78. The molecule has 1 N–H and O–H groups in total. The second-order valence-electron chi connectivity index (χ2n) is 6.70. The molecule has 0 atom stereocenters. The van der Waals surface area contributed by atoms with Gasteiger partial charge in [-0.3, -0.25) is 0 Å². The smallest absolute Gasteiger partial charge is 0.317 e. The molecule has 0 aliphatic carbocycles. The fourth-order valence-corrected chi connectivity index (χ4v) is 3.26. The first-order valence-electron chi connectivity index (χ1n) is 9.12. The molecule has 2 aromatic carbocycles. The van der Waals surface area contributed by atoms with Crippen LogP contribution in [0.5, 0.6) is 5.75 Å². The van der Waals surface area contributed by atoms with E-state index in [1.165, 1.54) is 0 Å². The van der Waals surface area contributed by atoms with Crippen LogP contribution in [-0.4, -0.2) is 47.4 Å². The first-order valence-corrected chi connectivity index (χ1v) is 9.12. The number of hydrogen-bond acceptors (Lipinski definition) is 6. The SMILES string of the molecule is COc1ccc2ccccc2c1CNC(=O)N1CC(OCc2nc(C)no2)C1. The summed E-state index contributed by atoms with van der Waals surface area (Å²) < 4.78 is 16.2. The van der Waals surface area contributed by atoms with E-state index in [0.717, 1.165) is 22.1 Å². The summed E-state index contributed by atoms with van der Waals surface area (Å²) in [5, 5.41) is 8.88. The van der Waals surface area contributed by atoms with Gasteiger partial charge in [0.15, 0.2) is 5.82 Å². The Balaban J connectivity index is 1.30. The number of benzene rings is 2. The Morgan fingerprint density at radius 1 is 1.29 bits per heavy atom. The van der Waals surface area contributed by atoms with Gasteiger partial charge in [-0.15, -0.1) is 0 Å². The van der Waals surface area contributed by atoms with Gasteiger partial charge in [0.2, 0.25) is 0 Å². The molecule has 1 saturated heterocycles. The standard InChI is InChI=1S/C20H22N4O4/c1-13-22-19(28-23-13)12-27-15-10-24(11-15)20(25)21-9-17-16-6-4-3-5-14(16)7-8-18(17)26-2/h3-8,15H,9-12H2,1-2H3,(H,21,25). The van der Waals surface area contributed by atoms with E-state index >= 15 is 0 Å². The van der Waals surface area contributed by atoms with Crippen molar-refractivity contribution in [1.29, 1.82) is 0 Å². The highest BCUT2D eigenvalue weighted by Crippen LogP contribution is 2.28. The van der Waals surface area contributed by atoms with Crippen LogP contribution in [-0.2, 0) is 17.9 Å². The number of likely N-dealkylation sites (tertiary alicyclic amines) is 1. The Morgan fingerprint density at radius 2 is 2.11 bits per heavy atom. The van der Waals surface area contributed by atoms with Crippen molar-refractivity contribution >= 4 is 16.8 Å². The molecule has 0 saturated carbocycles. The van der Waals surface area contributed by atoms with Crippen LogP contribution in [0.4, 0.5) is 4.79 Å². The number of urea groups is 1. The monoisotopic (exact) mass is 382 g/mol. The van der Waals surface area contributed by atoms with Crippen molar-refractivity contribution in [2.45, 2.75) is 26.2 Å². The fraction of sp³-hybridized carbons (Fsp3) is 0.350. The molecule has 0 bridgehead atoms. The number of aromatic nitrogens is 2. The first-order chi connectivity index (χ1) is 13.6. The van der Waals surface area contributed by atoms with Gasteiger partial charge in [0.05, 0.1) is 26.3 Å². The molecule has 8 heteroatoms. The molecule has 3 aromatic rings. The lowest BCUT2D eigenvalue weighted by molar-refractivity contribution is -0.0516. The molecule has 1 aliphatic heterocycles. The Bertz CT molecular complexity index is 981. The third kappa shape index (κ3) is 3.77. The van der Waals surface area contributed by atoms with Crippen molar-refractivity contribution in [3.8, 4) is 5.75 Å². The molecule has 1 fully saturated rings. The normalized spacial score (nSPS) is 14.1. The molecule has 1 aliphatic rings. The van der Waals surface area contributed by atoms with Crippen LogP contribution in [0.15, 0.2) is 40.9 Å². The minimum absolute atomic E-state index is 0.0231. The summed E-state index contributed by atoms with van der Waals surface area (Å²) in [6, 6.07) is 11.9. The molecule has 28 heavy (non-hydrogen) atoms. The maximum atomic E-state index is 12.4. The van der Waals surface area contributed by atoms with Crippen molar-refractivity contribution in [3.63, 3.8) is 0 Å². The van der Waals surface area contributed by atoms with Crippen LogP contribution in [0.3, 0.4) is 0 Å². The van der Waals surface area contributed by atoms with Crippen molar-refractivity contribution in [2.24, 2.45) is 0 Å². The summed E-state index contributed by atoms with van der Waals surface area (Å²) in [6.45, 7) is 3.48. The molecule has 1 aromatic heterocycles. The number of nitrogens with zero attached hydrogens (tertiary/aromatic N) is 3. The summed E-state index contributed by atoms with van der Waals surface area (Å²) >= 11 is 0. The number of nitrogens with one attached hydrogen (secondary N) is 1. The second-order valence-corrected chi connectivity index (χ2v) is 6.70. The topological polar surface area (TPSA) is 89.7 Å². The van der Waals surface area contributed by atoms with E-state index in [0.29, 0.717) is 31.3 Å². The van der Waals surface area contributed by atoms with Crippen molar-refractivity contribution in [1.82, 2.24) is 20.4 Å². The summed E-state index contributed by atoms with van der Waals surface area (Å²) in [6.07, 6.45) is -0.0231. The van der Waals surface area contributed by atoms with Gasteiger partial charge in [-0.1, -0.05) is 35.5 Å². The number of carbonyl (C=O) groups is 1. The zero-order chi connectivity index (χ0) is 19.5. The average Bonchev–Trinajstić information content (AvgIpc) is 3.09. The molecule has 0 unspecified atom stereocenters. The molecule has 0 radical (unpaired) electrons. The Labute approximate surface area is 162 Å². The zero-order valence-electron chi connectivity index (χ0n) is 15.8. The molecule has 8 nitrogen and oxygen atoms in total. The molecule has 146 valence electrons. The fourth-order valence-electron chi connectivity index (χ4n) is 3.26. The number of hydrogen-bond donors (Lipinski definition) is 1. The molecular weight excluding hydrogens is 360 g/mol. The van der Waals surface area contributed by atoms with Gasteiger partial charge >= 0.3 is 6.03 Å². The second kappa shape index (κ2) is 7.85. The van der Waals surface area contributed by atoms with E-state index in [2.05, 4.69) is 15.5 Å². The summed E-state index contributed by atoms with van der Waals surface area (Å²) in [5.41, 5.74) is 0.967. The van der Waals surface area contributed by atoms with E-state index in [-0.39, 0.29) is 18.7 Å². The highest BCUT2D eigenvalue weighted by Gasteiger charge is 2.31. The molecule has 2 amide bonds. The van der Waals surface area contributed by atoms with Crippen molar-refractivity contribution < 1.29 is 18.8 Å². The summed E-state index contributed by atoms with van der Waals surface area (Å²) in [5.74, 6) is 1.79. The average molecular weight is 382 g/mol. The van der Waals surface area contributed by atoms with E-state index in [9.17, 15) is 4.79 Å². The van der Waals surface area contributed by atoms with Crippen molar-refractivity contribution in [2.75, 3.05) is 20.2 Å². The predicted octanol–water partition coefficient (Wildman–Crippen LogP) is 2.65. The van der Waals surface area contributed by atoms with Gasteiger partial charge in [-0.05, 0) is 23.8 Å². The van der Waals surface area contributed by atoms with Crippen LogP contribution < -0.4 is 10.1 Å². The molecule has 2 heterocycles. The van der Waals surface area contributed by atoms with E-state index in [4.69, 9.17) is 14.0 Å². The largest absolute Gasteiger partial charge is 0.496 e. The minimum Gasteiger partial charge on any atom is -0.496 e. The van der Waals surface area contributed by atoms with Crippen LogP contribution in [0.1, 0.15) is 17.3 Å². The van der Waals surface area contributed by atoms with Crippen LogP contribution >= 0.6 is 0 Å². The first kappa shape index (κ1) is 18.2. The molecule has 4 rings (SSSR count). The Kier molecular flexibility index (Phi) is 5.12. The van der Waals surface area contributed by atoms with Gasteiger partial charge in [0, 0.05) is 12.1 Å². The maximum Gasteiger partial charge on any atom is 0.317 e. The maximum absolute atomic E-state index is 12.4. The van der Waals surface area contributed by atoms with Gasteiger partial charge < -0.3 is 24.2 Å². The van der Waals surface area contributed by atoms with Crippen LogP contribution in [0.2, 0.25) is 0 Å². The molecular formula is C20H22N4O4. The van der Waals surface area contributed by atoms with Crippen molar-refractivity contribution in [3.05, 3.63) is 53.7 Å². The van der Waals surface area contributed by atoms with E-state index in [1.807, 2.05) is 36.4 Å². The highest BCUT2D eigenvalue weighted by molar-refractivity contribution is 5.88. The van der Waals surface area contributed by atoms with Gasteiger partial charge in [0.1, 0.15) is 12.4 Å². The molecule has 0 spiro atoms. The van der Waals surface area contributed by atoms with E-state index in [1.54, 1.807) is 18.9 Å². The zero-order valence-corrected chi connectivity index (χ0v) is 15.8. The van der Waals surface area contributed by atoms with Gasteiger partial charge in [0.25, 0.3) is 5.89 Å². The number of carbonyl (C=O) groups excluding carboxylic acids is 1. The number of amides is 2. The lowest BCUT2D eigenvalue weighted by Crippen LogP contribution is -2.57. The van der Waals surface area contributed by atoms with Crippen LogP contribution in [0.25, 0.3) is 10.8 Å². The van der Waals surface area contributed by atoms with Gasteiger partial charge in [-0.25, -0.2) is 4.79 Å². The Morgan fingerprint density at radius 3 is 2.86 bits per heavy atom. The number of aryl methyl sites for hydroxylation is 1. The lowest BCUT2D eigenvalue weighted by Gasteiger charge is -2.38. The number of methoxy groups -OCH3 is 1. The summed E-state index contributed by atoms with van der Waals surface area (Å²) in [4.78, 5) is 18.2. The number of fused-ring (bicyclic) bond motifs is 1. The minimum atomic E-state index is -0.122. The highest BCUT2D eigenvalue weighted by atomic mass is 16.5. The Hall–Kier alpha value is -3.13. The quantitative estimate of drug-likeness (QED) is 0.705. The lowest BCUT2D eigenvalue weighted by atomic mass is 10.0. The summed E-state index contributed by atoms with van der Waals surface area (Å²) in [7, 11) is 1.64. The van der Waals surface area contributed by atoms with Crippen LogP contribution in [0, 0.1) is 6.92 Å². The predicted molar refractivity (Wildman–Crippen MR) is 102 cm³/mol. The number of rotatable bonds is 6. The van der Waals surface area contributed by atoms with E-state index < -0.39 is 0 Å². The third-order valence-electron chi connectivity index (χ3n) is 4.78. The number of ether oxygens (including phenoxy) is 2.